The maximum Gasteiger partial charge on any atom is 0.255 e. The summed E-state index contributed by atoms with van der Waals surface area (Å²) in [5, 5.41) is 5.68. The number of hydrogen-bond acceptors (Lipinski definition) is 5. The average molecular weight is 384 g/mol. The Morgan fingerprint density at radius 3 is 2.36 bits per heavy atom. The minimum atomic E-state index is -0.281. The number of benzene rings is 2. The van der Waals surface area contributed by atoms with Crippen LogP contribution in [0.4, 0.5) is 5.69 Å². The van der Waals surface area contributed by atoms with Gasteiger partial charge in [-0.15, -0.1) is 0 Å². The summed E-state index contributed by atoms with van der Waals surface area (Å²) in [6.45, 7) is 1.27. The number of methoxy groups -OCH3 is 2. The molecule has 2 aromatic carbocycles. The van der Waals surface area contributed by atoms with Crippen molar-refractivity contribution >= 4 is 17.5 Å². The highest BCUT2D eigenvalue weighted by atomic mass is 16.5. The molecule has 1 heterocycles. The molecule has 0 aliphatic carbocycles. The number of carbonyl (C=O) groups excluding carboxylic acids is 2. The quantitative estimate of drug-likeness (QED) is 0.767. The van der Waals surface area contributed by atoms with E-state index in [0.717, 1.165) is 19.4 Å². The first-order chi connectivity index (χ1) is 13.6. The van der Waals surface area contributed by atoms with Gasteiger partial charge in [-0.2, -0.15) is 0 Å². The van der Waals surface area contributed by atoms with Crippen LogP contribution in [0.5, 0.6) is 11.5 Å². The standard InChI is InChI=1S/C21H24N2O5/c1-26-18-10-7-15(12-19(18)27-2)21(25)23-16-8-5-14(6-9-16)20(24)22-13-17-4-3-11-28-17/h5-10,12,17H,3-4,11,13H2,1-2H3,(H,22,24)(H,23,25)/t17-/m0/s1. The highest BCUT2D eigenvalue weighted by Gasteiger charge is 2.17. The van der Waals surface area contributed by atoms with E-state index in [1.807, 2.05) is 0 Å². The van der Waals surface area contributed by atoms with E-state index in [1.54, 1.807) is 42.5 Å². The Labute approximate surface area is 164 Å². The fourth-order valence-corrected chi connectivity index (χ4v) is 3.00. The molecule has 2 amide bonds. The molecule has 3 rings (SSSR count). The lowest BCUT2D eigenvalue weighted by Crippen LogP contribution is -2.31. The van der Waals surface area contributed by atoms with E-state index >= 15 is 0 Å². The molecule has 1 atom stereocenters. The number of hydrogen-bond donors (Lipinski definition) is 2. The second kappa shape index (κ2) is 9.23. The number of nitrogens with one attached hydrogen (secondary N) is 2. The van der Waals surface area contributed by atoms with Gasteiger partial charge in [-0.25, -0.2) is 0 Å². The first-order valence-corrected chi connectivity index (χ1v) is 9.14. The molecule has 0 bridgehead atoms. The predicted octanol–water partition coefficient (Wildman–Crippen LogP) is 2.86. The molecular formula is C21H24N2O5. The highest BCUT2D eigenvalue weighted by molar-refractivity contribution is 6.05. The fraction of sp³-hybridized carbons (Fsp3) is 0.333. The molecule has 0 unspecified atom stereocenters. The van der Waals surface area contributed by atoms with Crippen LogP contribution in [0.25, 0.3) is 0 Å². The van der Waals surface area contributed by atoms with Crippen LogP contribution in [0.2, 0.25) is 0 Å². The lowest BCUT2D eigenvalue weighted by Gasteiger charge is -2.12. The molecule has 7 heteroatoms. The number of amides is 2. The zero-order chi connectivity index (χ0) is 19.9. The van der Waals surface area contributed by atoms with Gasteiger partial charge in [0.25, 0.3) is 11.8 Å². The molecule has 1 aliphatic rings. The van der Waals surface area contributed by atoms with E-state index in [1.165, 1.54) is 14.2 Å². The summed E-state index contributed by atoms with van der Waals surface area (Å²) in [6, 6.07) is 11.7. The normalized spacial score (nSPS) is 15.7. The summed E-state index contributed by atoms with van der Waals surface area (Å²) < 4.78 is 15.9. The SMILES string of the molecule is COc1ccc(C(=O)Nc2ccc(C(=O)NC[C@@H]3CCCO3)cc2)cc1OC. The van der Waals surface area contributed by atoms with Crippen LogP contribution >= 0.6 is 0 Å². The van der Waals surface area contributed by atoms with Gasteiger partial charge in [0, 0.05) is 30.0 Å². The van der Waals surface area contributed by atoms with Crippen LogP contribution < -0.4 is 20.1 Å². The van der Waals surface area contributed by atoms with Crippen LogP contribution in [-0.4, -0.2) is 45.3 Å². The summed E-state index contributed by atoms with van der Waals surface area (Å²) in [5.74, 6) is 0.593. The van der Waals surface area contributed by atoms with E-state index in [4.69, 9.17) is 14.2 Å². The monoisotopic (exact) mass is 384 g/mol. The second-order valence-corrected chi connectivity index (χ2v) is 6.45. The summed E-state index contributed by atoms with van der Waals surface area (Å²) in [4.78, 5) is 24.7. The number of anilines is 1. The Bertz CT molecular complexity index is 829. The molecule has 1 aliphatic heterocycles. The largest absolute Gasteiger partial charge is 0.493 e. The first-order valence-electron chi connectivity index (χ1n) is 9.14. The van der Waals surface area contributed by atoms with Gasteiger partial charge in [-0.1, -0.05) is 0 Å². The minimum Gasteiger partial charge on any atom is -0.493 e. The van der Waals surface area contributed by atoms with Crippen molar-refractivity contribution in [1.82, 2.24) is 5.32 Å². The topological polar surface area (TPSA) is 85.9 Å². The lowest BCUT2D eigenvalue weighted by atomic mass is 10.1. The van der Waals surface area contributed by atoms with Gasteiger partial charge in [0.15, 0.2) is 11.5 Å². The third kappa shape index (κ3) is 4.80. The van der Waals surface area contributed by atoms with Crippen LogP contribution in [0.15, 0.2) is 42.5 Å². The molecule has 1 fully saturated rings. The van der Waals surface area contributed by atoms with Gasteiger partial charge in [0.05, 0.1) is 20.3 Å². The van der Waals surface area contributed by atoms with E-state index in [2.05, 4.69) is 10.6 Å². The molecule has 2 N–H and O–H groups in total. The maximum atomic E-state index is 12.4. The molecule has 0 radical (unpaired) electrons. The van der Waals surface area contributed by atoms with Crippen molar-refractivity contribution < 1.29 is 23.8 Å². The van der Waals surface area contributed by atoms with Gasteiger partial charge < -0.3 is 24.8 Å². The number of rotatable bonds is 7. The zero-order valence-electron chi connectivity index (χ0n) is 16.0. The molecule has 7 nitrogen and oxygen atoms in total. The van der Waals surface area contributed by atoms with Crippen LogP contribution in [0, 0.1) is 0 Å². The summed E-state index contributed by atoms with van der Waals surface area (Å²) in [7, 11) is 3.05. The Balaban J connectivity index is 1.58. The van der Waals surface area contributed by atoms with E-state index in [-0.39, 0.29) is 17.9 Å². The van der Waals surface area contributed by atoms with Crippen molar-refractivity contribution in [1.29, 1.82) is 0 Å². The summed E-state index contributed by atoms with van der Waals surface area (Å²) in [5.41, 5.74) is 1.56. The molecule has 1 saturated heterocycles. The smallest absolute Gasteiger partial charge is 0.255 e. The first kappa shape index (κ1) is 19.7. The van der Waals surface area contributed by atoms with Gasteiger partial charge in [0.2, 0.25) is 0 Å². The average Bonchev–Trinajstić information content (AvgIpc) is 3.25. The van der Waals surface area contributed by atoms with Crippen LogP contribution in [0.3, 0.4) is 0 Å². The third-order valence-electron chi connectivity index (χ3n) is 4.56. The number of carbonyl (C=O) groups is 2. The van der Waals surface area contributed by atoms with Gasteiger partial charge in [0.1, 0.15) is 0 Å². The molecular weight excluding hydrogens is 360 g/mol. The van der Waals surface area contributed by atoms with Crippen LogP contribution in [-0.2, 0) is 4.74 Å². The predicted molar refractivity (Wildman–Crippen MR) is 105 cm³/mol. The Hall–Kier alpha value is -3.06. The highest BCUT2D eigenvalue weighted by Crippen LogP contribution is 2.27. The Morgan fingerprint density at radius 1 is 1.00 bits per heavy atom. The molecule has 148 valence electrons. The molecule has 28 heavy (non-hydrogen) atoms. The van der Waals surface area contributed by atoms with E-state index < -0.39 is 0 Å². The zero-order valence-corrected chi connectivity index (χ0v) is 16.0. The Morgan fingerprint density at radius 2 is 1.71 bits per heavy atom. The molecule has 0 aromatic heterocycles. The van der Waals surface area contributed by atoms with Gasteiger partial charge >= 0.3 is 0 Å². The van der Waals surface area contributed by atoms with Crippen molar-refractivity contribution in [3.05, 3.63) is 53.6 Å². The summed E-state index contributed by atoms with van der Waals surface area (Å²) in [6.07, 6.45) is 2.11. The fourth-order valence-electron chi connectivity index (χ4n) is 3.00. The summed E-state index contributed by atoms with van der Waals surface area (Å²) >= 11 is 0. The Kier molecular flexibility index (Phi) is 6.49. The minimum absolute atomic E-state index is 0.101. The third-order valence-corrected chi connectivity index (χ3v) is 4.56. The van der Waals surface area contributed by atoms with Crippen LogP contribution in [0.1, 0.15) is 33.6 Å². The van der Waals surface area contributed by atoms with E-state index in [9.17, 15) is 9.59 Å². The van der Waals surface area contributed by atoms with Crippen molar-refractivity contribution in [3.63, 3.8) is 0 Å². The van der Waals surface area contributed by atoms with Crippen molar-refractivity contribution in [2.24, 2.45) is 0 Å². The lowest BCUT2D eigenvalue weighted by molar-refractivity contribution is 0.0857. The van der Waals surface area contributed by atoms with Gasteiger partial charge in [-0.3, -0.25) is 9.59 Å². The van der Waals surface area contributed by atoms with Crippen molar-refractivity contribution in [2.45, 2.75) is 18.9 Å². The molecule has 0 spiro atoms. The van der Waals surface area contributed by atoms with Crippen molar-refractivity contribution in [3.8, 4) is 11.5 Å². The second-order valence-electron chi connectivity index (χ2n) is 6.45. The number of ether oxygens (including phenoxy) is 3. The molecule has 0 saturated carbocycles. The van der Waals surface area contributed by atoms with Gasteiger partial charge in [-0.05, 0) is 55.3 Å². The molecule has 2 aromatic rings. The maximum absolute atomic E-state index is 12.4. The van der Waals surface area contributed by atoms with Crippen molar-refractivity contribution in [2.75, 3.05) is 32.7 Å². The van der Waals surface area contributed by atoms with E-state index in [0.29, 0.717) is 34.9 Å².